The SMILES string of the molecule is Cc1noc(C)c1S(=O)(=O)Nc1ccc2c(c1)C(=O)N([C@@H](C)CO)C[C@H](C)[C@@H](CN(C)Cc1ccccc1)OCCCC[C@H](C)O2. The summed E-state index contributed by atoms with van der Waals surface area (Å²) in [6, 6.07) is 14.4. The Labute approximate surface area is 272 Å². The van der Waals surface area contributed by atoms with Gasteiger partial charge in [-0.2, -0.15) is 0 Å². The van der Waals surface area contributed by atoms with Gasteiger partial charge in [-0.1, -0.05) is 42.4 Å². The lowest BCUT2D eigenvalue weighted by molar-refractivity contribution is -0.0177. The van der Waals surface area contributed by atoms with Crippen molar-refractivity contribution in [3.05, 3.63) is 71.1 Å². The van der Waals surface area contributed by atoms with Gasteiger partial charge in [0.15, 0.2) is 10.7 Å². The highest BCUT2D eigenvalue weighted by molar-refractivity contribution is 7.92. The molecule has 1 aromatic heterocycles. The lowest BCUT2D eigenvalue weighted by atomic mass is 10.0. The number of carbonyl (C=O) groups excluding carboxylic acids is 1. The quantitative estimate of drug-likeness (QED) is 0.326. The van der Waals surface area contributed by atoms with Crippen LogP contribution in [0.4, 0.5) is 5.69 Å². The smallest absolute Gasteiger partial charge is 0.267 e. The number of hydrogen-bond donors (Lipinski definition) is 2. The number of nitrogens with one attached hydrogen (secondary N) is 1. The average molecular weight is 657 g/mol. The van der Waals surface area contributed by atoms with Crippen molar-refractivity contribution in [3.63, 3.8) is 0 Å². The fraction of sp³-hybridized carbons (Fsp3) is 0.529. The van der Waals surface area contributed by atoms with E-state index < -0.39 is 16.1 Å². The first-order valence-electron chi connectivity index (χ1n) is 15.9. The minimum absolute atomic E-state index is 0.0450. The van der Waals surface area contributed by atoms with E-state index in [9.17, 15) is 18.3 Å². The number of anilines is 1. The van der Waals surface area contributed by atoms with Gasteiger partial charge in [-0.05, 0) is 77.8 Å². The second-order valence-corrected chi connectivity index (χ2v) is 14.1. The molecule has 2 heterocycles. The molecule has 0 saturated carbocycles. The summed E-state index contributed by atoms with van der Waals surface area (Å²) in [4.78, 5) is 18.2. The van der Waals surface area contributed by atoms with E-state index in [4.69, 9.17) is 14.0 Å². The van der Waals surface area contributed by atoms with E-state index in [1.54, 1.807) is 30.9 Å². The minimum Gasteiger partial charge on any atom is -0.490 e. The first-order chi connectivity index (χ1) is 21.9. The molecule has 0 saturated heterocycles. The number of aliphatic hydroxyl groups is 1. The Kier molecular flexibility index (Phi) is 12.2. The normalized spacial score (nSPS) is 20.9. The van der Waals surface area contributed by atoms with Gasteiger partial charge in [0.1, 0.15) is 11.4 Å². The molecular weight excluding hydrogens is 608 g/mol. The monoisotopic (exact) mass is 656 g/mol. The van der Waals surface area contributed by atoms with E-state index in [0.717, 1.165) is 25.8 Å². The Morgan fingerprint density at radius 1 is 1.13 bits per heavy atom. The topological polar surface area (TPSA) is 134 Å². The van der Waals surface area contributed by atoms with Gasteiger partial charge in [0, 0.05) is 37.8 Å². The van der Waals surface area contributed by atoms with Crippen LogP contribution in [-0.4, -0.2) is 86.0 Å². The summed E-state index contributed by atoms with van der Waals surface area (Å²) in [6.45, 7) is 11.0. The molecule has 0 radical (unpaired) electrons. The van der Waals surface area contributed by atoms with Gasteiger partial charge < -0.3 is 24.0 Å². The Morgan fingerprint density at radius 2 is 1.87 bits per heavy atom. The van der Waals surface area contributed by atoms with Crippen molar-refractivity contribution in [1.82, 2.24) is 15.0 Å². The number of benzene rings is 2. The summed E-state index contributed by atoms with van der Waals surface area (Å²) in [5, 5.41) is 14.0. The highest BCUT2D eigenvalue weighted by Gasteiger charge is 2.31. The van der Waals surface area contributed by atoms with Crippen LogP contribution in [0.1, 0.15) is 67.4 Å². The average Bonchev–Trinajstić information content (AvgIpc) is 3.37. The van der Waals surface area contributed by atoms with Crippen molar-refractivity contribution in [1.29, 1.82) is 0 Å². The zero-order chi connectivity index (χ0) is 33.4. The molecule has 12 heteroatoms. The summed E-state index contributed by atoms with van der Waals surface area (Å²) in [5.74, 6) is 0.0683. The van der Waals surface area contributed by atoms with Crippen LogP contribution < -0.4 is 9.46 Å². The van der Waals surface area contributed by atoms with Crippen LogP contribution in [0.5, 0.6) is 5.75 Å². The maximum Gasteiger partial charge on any atom is 0.267 e. The van der Waals surface area contributed by atoms with Gasteiger partial charge in [0.05, 0.1) is 30.4 Å². The van der Waals surface area contributed by atoms with Gasteiger partial charge in [0.25, 0.3) is 15.9 Å². The van der Waals surface area contributed by atoms with Crippen LogP contribution in [0, 0.1) is 19.8 Å². The molecule has 252 valence electrons. The summed E-state index contributed by atoms with van der Waals surface area (Å²) >= 11 is 0. The molecule has 4 atom stereocenters. The van der Waals surface area contributed by atoms with Gasteiger partial charge in [-0.25, -0.2) is 8.42 Å². The minimum atomic E-state index is -4.05. The molecule has 3 aromatic rings. The first-order valence-corrected chi connectivity index (χ1v) is 17.4. The molecule has 0 bridgehead atoms. The third kappa shape index (κ3) is 9.09. The second kappa shape index (κ2) is 15.9. The lowest BCUT2D eigenvalue weighted by Crippen LogP contribution is -2.47. The molecule has 1 aliphatic rings. The van der Waals surface area contributed by atoms with Crippen molar-refractivity contribution in [3.8, 4) is 5.75 Å². The number of nitrogens with zero attached hydrogens (tertiary/aromatic N) is 3. The number of aryl methyl sites for hydroxylation is 2. The molecule has 2 N–H and O–H groups in total. The maximum absolute atomic E-state index is 14.4. The first kappa shape index (κ1) is 35.4. The van der Waals surface area contributed by atoms with E-state index in [1.165, 1.54) is 18.6 Å². The number of likely N-dealkylation sites (N-methyl/N-ethyl adjacent to an activating group) is 1. The summed E-state index contributed by atoms with van der Waals surface area (Å²) < 4.78 is 47.0. The highest BCUT2D eigenvalue weighted by atomic mass is 32.2. The van der Waals surface area contributed by atoms with E-state index >= 15 is 0 Å². The summed E-state index contributed by atoms with van der Waals surface area (Å²) in [7, 11) is -1.99. The van der Waals surface area contributed by atoms with Crippen LogP contribution >= 0.6 is 0 Å². The van der Waals surface area contributed by atoms with E-state index in [0.29, 0.717) is 25.4 Å². The number of hydrogen-bond acceptors (Lipinski definition) is 9. The molecule has 1 aliphatic heterocycles. The standard InChI is InChI=1S/C34H48N4O7S/c1-23-19-38(24(2)22-39)34(40)30-18-29(36-46(41,42)33-26(4)35-45-27(33)5)15-16-31(30)44-25(3)12-10-11-17-43-32(23)21-37(6)20-28-13-8-7-9-14-28/h7-9,13-16,18,23-25,32,36,39H,10-12,17,19-22H2,1-6H3/t23-,24-,25-,32+/m0/s1. The number of aromatic nitrogens is 1. The number of aliphatic hydroxyl groups excluding tert-OH is 1. The fourth-order valence-corrected chi connectivity index (χ4v) is 7.16. The van der Waals surface area contributed by atoms with Gasteiger partial charge >= 0.3 is 0 Å². The van der Waals surface area contributed by atoms with Gasteiger partial charge in [0.2, 0.25) is 0 Å². The molecule has 0 spiro atoms. The van der Waals surface area contributed by atoms with Gasteiger partial charge in [-0.15, -0.1) is 0 Å². The zero-order valence-corrected chi connectivity index (χ0v) is 28.5. The van der Waals surface area contributed by atoms with Crippen LogP contribution in [0.25, 0.3) is 0 Å². The van der Waals surface area contributed by atoms with Gasteiger partial charge in [-0.3, -0.25) is 14.4 Å². The molecule has 46 heavy (non-hydrogen) atoms. The molecule has 11 nitrogen and oxygen atoms in total. The largest absolute Gasteiger partial charge is 0.490 e. The third-order valence-electron chi connectivity index (χ3n) is 8.33. The number of fused-ring (bicyclic) bond motifs is 1. The third-order valence-corrected chi connectivity index (χ3v) is 9.95. The molecule has 0 aliphatic carbocycles. The van der Waals surface area contributed by atoms with Crippen molar-refractivity contribution < 1.29 is 32.3 Å². The number of sulfonamides is 1. The number of ether oxygens (including phenoxy) is 2. The van der Waals surface area contributed by atoms with Crippen molar-refractivity contribution >= 4 is 21.6 Å². The predicted molar refractivity (Wildman–Crippen MR) is 176 cm³/mol. The maximum atomic E-state index is 14.4. The van der Waals surface area contributed by atoms with Crippen molar-refractivity contribution in [2.45, 2.75) is 83.6 Å². The second-order valence-electron chi connectivity index (χ2n) is 12.5. The molecule has 2 aromatic carbocycles. The van der Waals surface area contributed by atoms with E-state index in [1.807, 2.05) is 25.1 Å². The van der Waals surface area contributed by atoms with E-state index in [2.05, 4.69) is 40.9 Å². The molecule has 0 unspecified atom stereocenters. The van der Waals surface area contributed by atoms with Crippen LogP contribution in [0.2, 0.25) is 0 Å². The predicted octanol–water partition coefficient (Wildman–Crippen LogP) is 5.02. The Bertz CT molecular complexity index is 1530. The van der Waals surface area contributed by atoms with Crippen molar-refractivity contribution in [2.75, 3.05) is 38.1 Å². The van der Waals surface area contributed by atoms with Crippen molar-refractivity contribution in [2.24, 2.45) is 5.92 Å². The van der Waals surface area contributed by atoms with E-state index in [-0.39, 0.29) is 58.2 Å². The number of amides is 1. The van der Waals surface area contributed by atoms with Crippen LogP contribution in [0.3, 0.4) is 0 Å². The van der Waals surface area contributed by atoms with Crippen LogP contribution in [0.15, 0.2) is 57.9 Å². The molecular formula is C34H48N4O7S. The lowest BCUT2D eigenvalue weighted by Gasteiger charge is -2.36. The molecule has 1 amide bonds. The highest BCUT2D eigenvalue weighted by Crippen LogP contribution is 2.30. The Morgan fingerprint density at radius 3 is 2.54 bits per heavy atom. The van der Waals surface area contributed by atoms with Crippen LogP contribution in [-0.2, 0) is 21.3 Å². The fourth-order valence-electron chi connectivity index (χ4n) is 5.78. The number of rotatable bonds is 9. The Balaban J connectivity index is 1.66. The summed E-state index contributed by atoms with van der Waals surface area (Å²) in [5.41, 5.74) is 1.84. The summed E-state index contributed by atoms with van der Waals surface area (Å²) in [6.07, 6.45) is 2.13. The zero-order valence-electron chi connectivity index (χ0n) is 27.7. The molecule has 4 rings (SSSR count). The number of carbonyl (C=O) groups is 1. The molecule has 0 fully saturated rings. The Hall–Kier alpha value is -3.45.